The third kappa shape index (κ3) is 7.95. The van der Waals surface area contributed by atoms with Gasteiger partial charge in [-0.2, -0.15) is 0 Å². The van der Waals surface area contributed by atoms with Crippen LogP contribution in [0, 0.1) is 13.8 Å². The second-order valence-corrected chi connectivity index (χ2v) is 10.1. The van der Waals surface area contributed by atoms with Crippen LogP contribution in [0.2, 0.25) is 0 Å². The number of nitrogens with zero attached hydrogens (tertiary/aromatic N) is 1. The van der Waals surface area contributed by atoms with Crippen LogP contribution in [0.5, 0.6) is 5.75 Å². The van der Waals surface area contributed by atoms with Gasteiger partial charge in [0.1, 0.15) is 11.8 Å². The maximum Gasteiger partial charge on any atom is 0.261 e. The summed E-state index contributed by atoms with van der Waals surface area (Å²) in [6.45, 7) is 8.15. The molecule has 36 heavy (non-hydrogen) atoms. The fraction of sp³-hybridized carbons (Fsp3) is 0.333. The number of benzene rings is 3. The first-order valence-corrected chi connectivity index (χ1v) is 13.1. The number of carbonyl (C=O) groups excluding carboxylic acids is 2. The van der Waals surface area contributed by atoms with Crippen LogP contribution < -0.4 is 10.1 Å². The van der Waals surface area contributed by atoms with E-state index in [2.05, 4.69) is 21.2 Å². The number of ether oxygens (including phenoxy) is 1. The molecule has 0 unspecified atom stereocenters. The highest BCUT2D eigenvalue weighted by Crippen LogP contribution is 2.22. The van der Waals surface area contributed by atoms with Gasteiger partial charge in [0.05, 0.1) is 0 Å². The van der Waals surface area contributed by atoms with Crippen LogP contribution in [0.25, 0.3) is 0 Å². The summed E-state index contributed by atoms with van der Waals surface area (Å²) in [7, 11) is 0. The topological polar surface area (TPSA) is 58.6 Å². The van der Waals surface area contributed by atoms with E-state index in [1.54, 1.807) is 4.90 Å². The van der Waals surface area contributed by atoms with E-state index < -0.39 is 6.04 Å². The van der Waals surface area contributed by atoms with E-state index in [4.69, 9.17) is 4.74 Å². The molecule has 3 rings (SSSR count). The van der Waals surface area contributed by atoms with Crippen LogP contribution in [0.1, 0.15) is 42.5 Å². The third-order valence-electron chi connectivity index (χ3n) is 6.20. The monoisotopic (exact) mass is 550 g/mol. The Morgan fingerprint density at radius 3 is 2.36 bits per heavy atom. The summed E-state index contributed by atoms with van der Waals surface area (Å²) < 4.78 is 6.86. The highest BCUT2D eigenvalue weighted by atomic mass is 79.9. The maximum absolute atomic E-state index is 13.7. The Labute approximate surface area is 223 Å². The molecule has 0 aromatic heterocycles. The molecule has 1 N–H and O–H groups in total. The van der Waals surface area contributed by atoms with Crippen molar-refractivity contribution >= 4 is 27.7 Å². The van der Waals surface area contributed by atoms with Crippen LogP contribution in [-0.4, -0.2) is 35.4 Å². The van der Waals surface area contributed by atoms with Crippen molar-refractivity contribution in [1.82, 2.24) is 10.2 Å². The lowest BCUT2D eigenvalue weighted by Crippen LogP contribution is -2.53. The van der Waals surface area contributed by atoms with E-state index in [9.17, 15) is 9.59 Å². The molecule has 3 aromatic rings. The predicted molar refractivity (Wildman–Crippen MR) is 148 cm³/mol. The molecule has 5 nitrogen and oxygen atoms in total. The van der Waals surface area contributed by atoms with E-state index in [1.165, 1.54) is 0 Å². The van der Waals surface area contributed by atoms with Crippen LogP contribution in [0.15, 0.2) is 77.3 Å². The molecular weight excluding hydrogens is 516 g/mol. The lowest BCUT2D eigenvalue weighted by molar-refractivity contribution is -0.143. The van der Waals surface area contributed by atoms with Gasteiger partial charge in [-0.05, 0) is 62.1 Å². The molecule has 190 valence electrons. The molecule has 0 heterocycles. The normalized spacial score (nSPS) is 12.5. The molecule has 0 saturated heterocycles. The minimum absolute atomic E-state index is 0.00804. The van der Waals surface area contributed by atoms with E-state index >= 15 is 0 Å². The highest BCUT2D eigenvalue weighted by Gasteiger charge is 2.31. The Kier molecular flexibility index (Phi) is 10.1. The Balaban J connectivity index is 1.91. The number of halogens is 1. The Bertz CT molecular complexity index is 1170. The van der Waals surface area contributed by atoms with Crippen molar-refractivity contribution in [3.8, 4) is 5.75 Å². The van der Waals surface area contributed by atoms with Gasteiger partial charge in [-0.25, -0.2) is 0 Å². The summed E-state index contributed by atoms with van der Waals surface area (Å²) in [6.07, 6.45) is 1.22. The Morgan fingerprint density at radius 2 is 1.69 bits per heavy atom. The SMILES string of the molecule is CC[C@H](C)NC(=O)[C@H](Cc1ccccc1)N(Cc1cccc(C)c1)C(=O)COc1ccc(Br)c(C)c1. The summed E-state index contributed by atoms with van der Waals surface area (Å²) in [5, 5.41) is 3.09. The fourth-order valence-electron chi connectivity index (χ4n) is 3.94. The first-order chi connectivity index (χ1) is 17.3. The van der Waals surface area contributed by atoms with Crippen molar-refractivity contribution in [3.05, 3.63) is 99.5 Å². The molecule has 2 atom stereocenters. The zero-order valence-electron chi connectivity index (χ0n) is 21.5. The molecular formula is C30H35BrN2O3. The lowest BCUT2D eigenvalue weighted by atomic mass is 10.0. The van der Waals surface area contributed by atoms with E-state index in [-0.39, 0.29) is 24.5 Å². The van der Waals surface area contributed by atoms with Crippen LogP contribution in [0.3, 0.4) is 0 Å². The molecule has 0 bridgehead atoms. The van der Waals surface area contributed by atoms with Gasteiger partial charge in [0.2, 0.25) is 5.91 Å². The number of carbonyl (C=O) groups is 2. The van der Waals surface area contributed by atoms with Crippen molar-refractivity contribution in [2.24, 2.45) is 0 Å². The van der Waals surface area contributed by atoms with Crippen LogP contribution in [0.4, 0.5) is 0 Å². The van der Waals surface area contributed by atoms with Gasteiger partial charge < -0.3 is 15.0 Å². The van der Waals surface area contributed by atoms with Crippen molar-refractivity contribution in [3.63, 3.8) is 0 Å². The molecule has 3 aromatic carbocycles. The van der Waals surface area contributed by atoms with Crippen LogP contribution in [-0.2, 0) is 22.6 Å². The predicted octanol–water partition coefficient (Wildman–Crippen LogP) is 6.00. The van der Waals surface area contributed by atoms with E-state index in [0.717, 1.165) is 33.1 Å². The first-order valence-electron chi connectivity index (χ1n) is 12.3. The van der Waals surface area contributed by atoms with Crippen molar-refractivity contribution < 1.29 is 14.3 Å². The minimum atomic E-state index is -0.676. The number of nitrogens with one attached hydrogen (secondary N) is 1. The minimum Gasteiger partial charge on any atom is -0.484 e. The number of amides is 2. The second-order valence-electron chi connectivity index (χ2n) is 9.23. The van der Waals surface area contributed by atoms with E-state index in [1.807, 2.05) is 100 Å². The van der Waals surface area contributed by atoms with Gasteiger partial charge in [-0.3, -0.25) is 9.59 Å². The average Bonchev–Trinajstić information content (AvgIpc) is 2.87. The maximum atomic E-state index is 13.7. The van der Waals surface area contributed by atoms with Gasteiger partial charge in [0.25, 0.3) is 5.91 Å². The number of aryl methyl sites for hydroxylation is 2. The molecule has 0 aliphatic carbocycles. The summed E-state index contributed by atoms with van der Waals surface area (Å²) in [5.41, 5.74) is 4.09. The quantitative estimate of drug-likeness (QED) is 0.318. The Hall–Kier alpha value is -3.12. The summed E-state index contributed by atoms with van der Waals surface area (Å²) in [5.74, 6) is 0.217. The van der Waals surface area contributed by atoms with Crippen molar-refractivity contribution in [2.45, 2.75) is 59.2 Å². The van der Waals surface area contributed by atoms with Gasteiger partial charge in [0, 0.05) is 23.5 Å². The molecule has 0 radical (unpaired) electrons. The molecule has 0 saturated carbocycles. The zero-order valence-corrected chi connectivity index (χ0v) is 23.0. The summed E-state index contributed by atoms with van der Waals surface area (Å²) in [6, 6.07) is 22.8. The largest absolute Gasteiger partial charge is 0.484 e. The van der Waals surface area contributed by atoms with Gasteiger partial charge >= 0.3 is 0 Å². The highest BCUT2D eigenvalue weighted by molar-refractivity contribution is 9.10. The van der Waals surface area contributed by atoms with Crippen LogP contribution >= 0.6 is 15.9 Å². The fourth-order valence-corrected chi connectivity index (χ4v) is 4.18. The molecule has 6 heteroatoms. The summed E-state index contributed by atoms with van der Waals surface area (Å²) >= 11 is 3.49. The molecule has 0 aliphatic rings. The number of hydrogen-bond donors (Lipinski definition) is 1. The van der Waals surface area contributed by atoms with Crippen molar-refractivity contribution in [1.29, 1.82) is 0 Å². The molecule has 0 aliphatic heterocycles. The third-order valence-corrected chi connectivity index (χ3v) is 7.09. The number of rotatable bonds is 11. The van der Waals surface area contributed by atoms with Gasteiger partial charge in [0.15, 0.2) is 6.61 Å². The molecule has 0 spiro atoms. The summed E-state index contributed by atoms with van der Waals surface area (Å²) in [4.78, 5) is 28.8. The first kappa shape index (κ1) is 27.5. The lowest BCUT2D eigenvalue weighted by Gasteiger charge is -2.32. The number of hydrogen-bond acceptors (Lipinski definition) is 3. The molecule has 2 amide bonds. The average molecular weight is 552 g/mol. The Morgan fingerprint density at radius 1 is 0.972 bits per heavy atom. The van der Waals surface area contributed by atoms with Gasteiger partial charge in [-0.15, -0.1) is 0 Å². The van der Waals surface area contributed by atoms with Gasteiger partial charge in [-0.1, -0.05) is 83.0 Å². The van der Waals surface area contributed by atoms with E-state index in [0.29, 0.717) is 18.7 Å². The molecule has 0 fully saturated rings. The smallest absolute Gasteiger partial charge is 0.261 e. The standard InChI is InChI=1S/C30H35BrN2O3/c1-5-23(4)32-30(35)28(18-24-11-7-6-8-12-24)33(19-25-13-9-10-21(2)16-25)29(34)20-36-26-14-15-27(31)22(3)17-26/h6-17,23,28H,5,18-20H2,1-4H3,(H,32,35)/t23-,28-/m0/s1. The second kappa shape index (κ2) is 13.3. The zero-order chi connectivity index (χ0) is 26.1. The van der Waals surface area contributed by atoms with Crippen molar-refractivity contribution in [2.75, 3.05) is 6.61 Å².